The second-order valence-corrected chi connectivity index (χ2v) is 9.18. The summed E-state index contributed by atoms with van der Waals surface area (Å²) in [6, 6.07) is 27.6. The Labute approximate surface area is 205 Å². The van der Waals surface area contributed by atoms with Gasteiger partial charge in [-0.2, -0.15) is 0 Å². The van der Waals surface area contributed by atoms with E-state index in [9.17, 15) is 9.59 Å². The Bertz CT molecular complexity index is 1350. The fraction of sp³-hybridized carbons (Fsp3) is 0.233. The molecule has 1 fully saturated rings. The van der Waals surface area contributed by atoms with Crippen LogP contribution in [0, 0.1) is 5.92 Å². The zero-order chi connectivity index (χ0) is 24.2. The van der Waals surface area contributed by atoms with Crippen molar-refractivity contribution >= 4 is 22.8 Å². The van der Waals surface area contributed by atoms with Gasteiger partial charge in [0, 0.05) is 24.0 Å². The molecule has 0 N–H and O–H groups in total. The van der Waals surface area contributed by atoms with Crippen LogP contribution in [-0.2, 0) is 9.53 Å². The minimum atomic E-state index is -0.510. The van der Waals surface area contributed by atoms with Gasteiger partial charge in [-0.25, -0.2) is 9.78 Å². The number of likely N-dealkylation sites (tertiary alicyclic amines) is 1. The SMILES string of the molecule is CC1CCCN(C(=O)COC(=O)c2cc(-c3ccc(-c4ccccc4)cc3)nc3ccccc23)C1. The van der Waals surface area contributed by atoms with E-state index >= 15 is 0 Å². The Balaban J connectivity index is 1.39. The molecule has 1 atom stereocenters. The highest BCUT2D eigenvalue weighted by Crippen LogP contribution is 2.28. The summed E-state index contributed by atoms with van der Waals surface area (Å²) >= 11 is 0. The van der Waals surface area contributed by atoms with Gasteiger partial charge < -0.3 is 9.64 Å². The van der Waals surface area contributed by atoms with E-state index in [1.807, 2.05) is 54.6 Å². The third kappa shape index (κ3) is 5.09. The number of fused-ring (bicyclic) bond motifs is 1. The second-order valence-electron chi connectivity index (χ2n) is 9.18. The highest BCUT2D eigenvalue weighted by atomic mass is 16.5. The van der Waals surface area contributed by atoms with Gasteiger partial charge in [0.1, 0.15) is 0 Å². The van der Waals surface area contributed by atoms with Crippen LogP contribution >= 0.6 is 0 Å². The maximum Gasteiger partial charge on any atom is 0.339 e. The standard InChI is InChI=1S/C30H28N2O3/c1-21-8-7-17-32(19-21)29(33)20-35-30(34)26-18-28(31-27-12-6-5-11-25(26)27)24-15-13-23(14-16-24)22-9-3-2-4-10-22/h2-6,9-16,18,21H,7-8,17,19-20H2,1H3. The molecule has 5 heteroatoms. The summed E-state index contributed by atoms with van der Waals surface area (Å²) in [5.41, 5.74) is 4.97. The van der Waals surface area contributed by atoms with E-state index in [-0.39, 0.29) is 12.5 Å². The fourth-order valence-electron chi connectivity index (χ4n) is 4.67. The smallest absolute Gasteiger partial charge is 0.339 e. The topological polar surface area (TPSA) is 59.5 Å². The molecule has 0 radical (unpaired) electrons. The molecular weight excluding hydrogens is 436 g/mol. The highest BCUT2D eigenvalue weighted by molar-refractivity contribution is 6.05. The van der Waals surface area contributed by atoms with E-state index < -0.39 is 5.97 Å². The third-order valence-corrected chi connectivity index (χ3v) is 6.56. The second kappa shape index (κ2) is 10.1. The number of piperidine rings is 1. The van der Waals surface area contributed by atoms with E-state index in [4.69, 9.17) is 9.72 Å². The number of ether oxygens (including phenoxy) is 1. The molecule has 1 saturated heterocycles. The molecule has 2 heterocycles. The van der Waals surface area contributed by atoms with Gasteiger partial charge in [0.25, 0.3) is 5.91 Å². The largest absolute Gasteiger partial charge is 0.452 e. The number of aromatic nitrogens is 1. The molecule has 0 aliphatic carbocycles. The van der Waals surface area contributed by atoms with E-state index in [1.54, 1.807) is 11.0 Å². The minimum Gasteiger partial charge on any atom is -0.452 e. The van der Waals surface area contributed by atoms with Crippen molar-refractivity contribution < 1.29 is 14.3 Å². The van der Waals surface area contributed by atoms with E-state index in [0.717, 1.165) is 42.6 Å². The monoisotopic (exact) mass is 464 g/mol. The lowest BCUT2D eigenvalue weighted by molar-refractivity contribution is -0.136. The van der Waals surface area contributed by atoms with Crippen molar-refractivity contribution in [3.63, 3.8) is 0 Å². The number of hydrogen-bond donors (Lipinski definition) is 0. The lowest BCUT2D eigenvalue weighted by Crippen LogP contribution is -2.41. The number of nitrogens with zero attached hydrogens (tertiary/aromatic N) is 2. The molecule has 1 unspecified atom stereocenters. The molecule has 5 rings (SSSR count). The lowest BCUT2D eigenvalue weighted by Gasteiger charge is -2.30. The van der Waals surface area contributed by atoms with Crippen LogP contribution in [0.4, 0.5) is 0 Å². The predicted octanol–water partition coefficient (Wildman–Crippen LogP) is 5.98. The van der Waals surface area contributed by atoms with Crippen LogP contribution in [-0.4, -0.2) is 41.5 Å². The molecule has 0 bridgehead atoms. The summed E-state index contributed by atoms with van der Waals surface area (Å²) < 4.78 is 5.50. The summed E-state index contributed by atoms with van der Waals surface area (Å²) in [5.74, 6) is -0.174. The zero-order valence-corrected chi connectivity index (χ0v) is 19.8. The maximum absolute atomic E-state index is 13.1. The Kier molecular flexibility index (Phi) is 6.57. The van der Waals surface area contributed by atoms with Crippen LogP contribution in [0.1, 0.15) is 30.1 Å². The van der Waals surface area contributed by atoms with Crippen molar-refractivity contribution in [1.82, 2.24) is 9.88 Å². The van der Waals surface area contributed by atoms with Crippen LogP contribution in [0.3, 0.4) is 0 Å². The maximum atomic E-state index is 13.1. The van der Waals surface area contributed by atoms with E-state index in [0.29, 0.717) is 28.1 Å². The van der Waals surface area contributed by atoms with Gasteiger partial charge in [0.15, 0.2) is 6.61 Å². The number of hydrogen-bond acceptors (Lipinski definition) is 4. The zero-order valence-electron chi connectivity index (χ0n) is 19.8. The summed E-state index contributed by atoms with van der Waals surface area (Å²) in [5, 5.41) is 0.709. The molecule has 1 aliphatic rings. The van der Waals surface area contributed by atoms with Crippen LogP contribution in [0.25, 0.3) is 33.3 Å². The van der Waals surface area contributed by atoms with Gasteiger partial charge in [0.2, 0.25) is 0 Å². The Hall–Kier alpha value is -3.99. The number of rotatable bonds is 5. The van der Waals surface area contributed by atoms with Crippen molar-refractivity contribution in [3.05, 3.63) is 90.5 Å². The van der Waals surface area contributed by atoms with Gasteiger partial charge in [-0.15, -0.1) is 0 Å². The van der Waals surface area contributed by atoms with Gasteiger partial charge >= 0.3 is 5.97 Å². The molecule has 0 spiro atoms. The van der Waals surface area contributed by atoms with Crippen molar-refractivity contribution in [2.24, 2.45) is 5.92 Å². The average Bonchev–Trinajstić information content (AvgIpc) is 2.91. The lowest BCUT2D eigenvalue weighted by atomic mass is 10.0. The van der Waals surface area contributed by atoms with Gasteiger partial charge in [-0.05, 0) is 42.0 Å². The molecular formula is C30H28N2O3. The van der Waals surface area contributed by atoms with Crippen LogP contribution in [0.15, 0.2) is 84.9 Å². The Morgan fingerprint density at radius 3 is 2.37 bits per heavy atom. The number of para-hydroxylation sites is 1. The fourth-order valence-corrected chi connectivity index (χ4v) is 4.67. The molecule has 1 aliphatic heterocycles. The van der Waals surface area contributed by atoms with Crippen molar-refractivity contribution in [1.29, 1.82) is 0 Å². The number of pyridine rings is 1. The van der Waals surface area contributed by atoms with Crippen LogP contribution in [0.5, 0.6) is 0 Å². The van der Waals surface area contributed by atoms with Crippen molar-refractivity contribution in [2.45, 2.75) is 19.8 Å². The third-order valence-electron chi connectivity index (χ3n) is 6.56. The number of esters is 1. The molecule has 4 aromatic rings. The molecule has 1 amide bonds. The Morgan fingerprint density at radius 1 is 0.914 bits per heavy atom. The highest BCUT2D eigenvalue weighted by Gasteiger charge is 2.23. The first-order valence-electron chi connectivity index (χ1n) is 12.1. The van der Waals surface area contributed by atoms with Crippen molar-refractivity contribution in [3.8, 4) is 22.4 Å². The molecule has 5 nitrogen and oxygen atoms in total. The summed E-state index contributed by atoms with van der Waals surface area (Å²) in [6.07, 6.45) is 2.12. The van der Waals surface area contributed by atoms with Gasteiger partial charge in [0.05, 0.1) is 16.8 Å². The summed E-state index contributed by atoms with van der Waals surface area (Å²) in [7, 11) is 0. The van der Waals surface area contributed by atoms with Gasteiger partial charge in [-0.3, -0.25) is 4.79 Å². The van der Waals surface area contributed by atoms with Crippen LogP contribution < -0.4 is 0 Å². The number of benzene rings is 3. The summed E-state index contributed by atoms with van der Waals surface area (Å²) in [6.45, 7) is 3.34. The predicted molar refractivity (Wildman–Crippen MR) is 138 cm³/mol. The number of carbonyl (C=O) groups is 2. The first-order valence-corrected chi connectivity index (χ1v) is 12.1. The molecule has 3 aromatic carbocycles. The van der Waals surface area contributed by atoms with Gasteiger partial charge in [-0.1, -0.05) is 79.7 Å². The average molecular weight is 465 g/mol. The van der Waals surface area contributed by atoms with Crippen LogP contribution in [0.2, 0.25) is 0 Å². The Morgan fingerprint density at radius 2 is 1.60 bits per heavy atom. The number of amides is 1. The first kappa shape index (κ1) is 22.8. The first-order chi connectivity index (χ1) is 17.1. The normalized spacial score (nSPS) is 15.7. The molecule has 176 valence electrons. The number of carbonyl (C=O) groups excluding carboxylic acids is 2. The molecule has 0 saturated carbocycles. The summed E-state index contributed by atoms with van der Waals surface area (Å²) in [4.78, 5) is 32.3. The molecule has 35 heavy (non-hydrogen) atoms. The van der Waals surface area contributed by atoms with E-state index in [1.165, 1.54) is 0 Å². The molecule has 1 aromatic heterocycles. The van der Waals surface area contributed by atoms with E-state index in [2.05, 4.69) is 31.2 Å². The minimum absolute atomic E-state index is 0.139. The van der Waals surface area contributed by atoms with Crippen molar-refractivity contribution in [2.75, 3.05) is 19.7 Å². The quantitative estimate of drug-likeness (QED) is 0.341.